The number of nitrogens with one attached hydrogen (secondary N) is 2. The summed E-state index contributed by atoms with van der Waals surface area (Å²) in [6, 6.07) is 0. The molecule has 0 bridgehead atoms. The van der Waals surface area contributed by atoms with Crippen molar-refractivity contribution in [1.82, 2.24) is 15.5 Å². The molecule has 0 radical (unpaired) electrons. The van der Waals surface area contributed by atoms with Crippen molar-refractivity contribution < 1.29 is 0 Å². The van der Waals surface area contributed by atoms with Crippen LogP contribution in [0.1, 0.15) is 49.1 Å². The third-order valence-electron chi connectivity index (χ3n) is 4.23. The van der Waals surface area contributed by atoms with Gasteiger partial charge in [-0.2, -0.15) is 16.9 Å². The SMILES string of the molecule is CSC1(CNCc2c(C)n[nH]c2C)CCCCC1. The van der Waals surface area contributed by atoms with E-state index in [1.807, 2.05) is 0 Å². The molecule has 1 fully saturated rings. The summed E-state index contributed by atoms with van der Waals surface area (Å²) in [6.45, 7) is 6.24. The van der Waals surface area contributed by atoms with Gasteiger partial charge in [0.1, 0.15) is 0 Å². The van der Waals surface area contributed by atoms with E-state index in [9.17, 15) is 0 Å². The van der Waals surface area contributed by atoms with Crippen molar-refractivity contribution in [3.05, 3.63) is 17.0 Å². The zero-order valence-electron chi connectivity index (χ0n) is 11.8. The van der Waals surface area contributed by atoms with Crippen molar-refractivity contribution >= 4 is 11.8 Å². The first kappa shape index (κ1) is 13.9. The molecule has 0 aromatic carbocycles. The Morgan fingerprint density at radius 1 is 1.28 bits per heavy atom. The molecule has 18 heavy (non-hydrogen) atoms. The molecule has 0 saturated heterocycles. The molecule has 1 aliphatic rings. The van der Waals surface area contributed by atoms with Crippen LogP contribution < -0.4 is 5.32 Å². The maximum Gasteiger partial charge on any atom is 0.0638 e. The van der Waals surface area contributed by atoms with Crippen LogP contribution in [-0.4, -0.2) is 27.7 Å². The van der Waals surface area contributed by atoms with Crippen molar-refractivity contribution in [3.63, 3.8) is 0 Å². The van der Waals surface area contributed by atoms with Crippen molar-refractivity contribution in [2.45, 2.75) is 57.2 Å². The first-order valence-electron chi connectivity index (χ1n) is 6.93. The van der Waals surface area contributed by atoms with Crippen LogP contribution in [-0.2, 0) is 6.54 Å². The lowest BCUT2D eigenvalue weighted by Crippen LogP contribution is -2.39. The fraction of sp³-hybridized carbons (Fsp3) is 0.786. The minimum Gasteiger partial charge on any atom is -0.311 e. The fourth-order valence-corrected chi connectivity index (χ4v) is 3.84. The van der Waals surface area contributed by atoms with Gasteiger partial charge in [0.05, 0.1) is 5.69 Å². The summed E-state index contributed by atoms with van der Waals surface area (Å²) < 4.78 is 0.476. The molecule has 1 aromatic rings. The van der Waals surface area contributed by atoms with E-state index in [0.717, 1.165) is 18.8 Å². The highest BCUT2D eigenvalue weighted by Gasteiger charge is 2.30. The largest absolute Gasteiger partial charge is 0.311 e. The molecule has 3 nitrogen and oxygen atoms in total. The average Bonchev–Trinajstić information content (AvgIpc) is 2.71. The highest BCUT2D eigenvalue weighted by atomic mass is 32.2. The third kappa shape index (κ3) is 3.09. The Bertz CT molecular complexity index is 361. The number of aromatic amines is 1. The first-order chi connectivity index (χ1) is 8.67. The lowest BCUT2D eigenvalue weighted by Gasteiger charge is -2.36. The van der Waals surface area contributed by atoms with Gasteiger partial charge in [0.2, 0.25) is 0 Å². The number of aromatic nitrogens is 2. The topological polar surface area (TPSA) is 40.7 Å². The Morgan fingerprint density at radius 2 is 2.00 bits per heavy atom. The van der Waals surface area contributed by atoms with E-state index >= 15 is 0 Å². The van der Waals surface area contributed by atoms with Gasteiger partial charge in [-0.05, 0) is 32.9 Å². The number of rotatable bonds is 5. The predicted octanol–water partition coefficient (Wildman–Crippen LogP) is 3.18. The van der Waals surface area contributed by atoms with E-state index in [2.05, 4.69) is 47.4 Å². The summed E-state index contributed by atoms with van der Waals surface area (Å²) in [7, 11) is 0. The minimum atomic E-state index is 0.476. The van der Waals surface area contributed by atoms with Crippen LogP contribution in [0, 0.1) is 13.8 Å². The number of H-pyrrole nitrogens is 1. The second-order valence-corrected chi connectivity index (χ2v) is 6.74. The zero-order valence-corrected chi connectivity index (χ0v) is 12.6. The smallest absolute Gasteiger partial charge is 0.0638 e. The van der Waals surface area contributed by atoms with Crippen molar-refractivity contribution in [1.29, 1.82) is 0 Å². The van der Waals surface area contributed by atoms with Gasteiger partial charge < -0.3 is 5.32 Å². The molecule has 2 rings (SSSR count). The van der Waals surface area contributed by atoms with Gasteiger partial charge in [-0.15, -0.1) is 0 Å². The van der Waals surface area contributed by atoms with Gasteiger partial charge in [0.25, 0.3) is 0 Å². The standard InChI is InChI=1S/C14H25N3S/c1-11-13(12(2)17-16-11)9-15-10-14(18-3)7-5-4-6-8-14/h15H,4-10H2,1-3H3,(H,16,17). The molecule has 2 N–H and O–H groups in total. The van der Waals surface area contributed by atoms with Crippen LogP contribution in [0.5, 0.6) is 0 Å². The van der Waals surface area contributed by atoms with Crippen LogP contribution in [0.2, 0.25) is 0 Å². The molecule has 102 valence electrons. The monoisotopic (exact) mass is 267 g/mol. The second-order valence-electron chi connectivity index (χ2n) is 5.46. The van der Waals surface area contributed by atoms with E-state index in [0.29, 0.717) is 4.75 Å². The summed E-state index contributed by atoms with van der Waals surface area (Å²) in [5.74, 6) is 0. The molecule has 4 heteroatoms. The summed E-state index contributed by atoms with van der Waals surface area (Å²) in [6.07, 6.45) is 9.21. The van der Waals surface area contributed by atoms with Crippen molar-refractivity contribution in [3.8, 4) is 0 Å². The lowest BCUT2D eigenvalue weighted by atomic mass is 9.88. The van der Waals surface area contributed by atoms with E-state index in [4.69, 9.17) is 0 Å². The molecule has 1 aromatic heterocycles. The Morgan fingerprint density at radius 3 is 2.56 bits per heavy atom. The van der Waals surface area contributed by atoms with Crippen molar-refractivity contribution in [2.24, 2.45) is 0 Å². The molecule has 0 spiro atoms. The average molecular weight is 267 g/mol. The minimum absolute atomic E-state index is 0.476. The van der Waals surface area contributed by atoms with Gasteiger partial charge in [-0.3, -0.25) is 5.10 Å². The van der Waals surface area contributed by atoms with Gasteiger partial charge in [0.15, 0.2) is 0 Å². The summed E-state index contributed by atoms with van der Waals surface area (Å²) >= 11 is 2.05. The highest BCUT2D eigenvalue weighted by Crippen LogP contribution is 2.38. The van der Waals surface area contributed by atoms with Crippen LogP contribution in [0.3, 0.4) is 0 Å². The second kappa shape index (κ2) is 6.11. The van der Waals surface area contributed by atoms with Gasteiger partial charge >= 0.3 is 0 Å². The van der Waals surface area contributed by atoms with Crippen LogP contribution >= 0.6 is 11.8 Å². The zero-order chi connectivity index (χ0) is 13.0. The van der Waals surface area contributed by atoms with Crippen LogP contribution in [0.4, 0.5) is 0 Å². The molecule has 0 amide bonds. The summed E-state index contributed by atoms with van der Waals surface area (Å²) in [5, 5.41) is 11.0. The number of hydrogen-bond donors (Lipinski definition) is 2. The van der Waals surface area contributed by atoms with E-state index in [-0.39, 0.29) is 0 Å². The van der Waals surface area contributed by atoms with Crippen molar-refractivity contribution in [2.75, 3.05) is 12.8 Å². The summed E-state index contributed by atoms with van der Waals surface area (Å²) in [4.78, 5) is 0. The molecular weight excluding hydrogens is 242 g/mol. The van der Waals surface area contributed by atoms with Gasteiger partial charge in [-0.25, -0.2) is 0 Å². The van der Waals surface area contributed by atoms with Gasteiger partial charge in [0, 0.05) is 29.1 Å². The maximum absolute atomic E-state index is 4.25. The molecule has 1 aliphatic carbocycles. The number of thioether (sulfide) groups is 1. The highest BCUT2D eigenvalue weighted by molar-refractivity contribution is 8.00. The Labute approximate surface area is 115 Å². The number of aryl methyl sites for hydroxylation is 2. The lowest BCUT2D eigenvalue weighted by molar-refractivity contribution is 0.379. The third-order valence-corrected chi connectivity index (χ3v) is 5.65. The molecule has 0 aliphatic heterocycles. The number of hydrogen-bond acceptors (Lipinski definition) is 3. The molecule has 0 unspecified atom stereocenters. The fourth-order valence-electron chi connectivity index (χ4n) is 2.90. The maximum atomic E-state index is 4.25. The Kier molecular flexibility index (Phi) is 4.73. The Hall–Kier alpha value is -0.480. The molecule has 1 heterocycles. The van der Waals surface area contributed by atoms with Gasteiger partial charge in [-0.1, -0.05) is 19.3 Å². The molecule has 0 atom stereocenters. The van der Waals surface area contributed by atoms with Crippen LogP contribution in [0.15, 0.2) is 0 Å². The van der Waals surface area contributed by atoms with Crippen LogP contribution in [0.25, 0.3) is 0 Å². The Balaban J connectivity index is 1.87. The quantitative estimate of drug-likeness (QED) is 0.861. The normalized spacial score (nSPS) is 19.1. The van der Waals surface area contributed by atoms with E-state index in [1.165, 1.54) is 43.4 Å². The van der Waals surface area contributed by atoms with E-state index in [1.54, 1.807) is 0 Å². The van der Waals surface area contributed by atoms with E-state index < -0.39 is 0 Å². The summed E-state index contributed by atoms with van der Waals surface area (Å²) in [5.41, 5.74) is 3.66. The molecule has 1 saturated carbocycles. The number of nitrogens with zero attached hydrogens (tertiary/aromatic N) is 1. The predicted molar refractivity (Wildman–Crippen MR) is 79.1 cm³/mol. The molecular formula is C14H25N3S. The first-order valence-corrected chi connectivity index (χ1v) is 8.16.